The van der Waals surface area contributed by atoms with E-state index in [0.29, 0.717) is 6.04 Å². The summed E-state index contributed by atoms with van der Waals surface area (Å²) in [6.45, 7) is 0. The van der Waals surface area contributed by atoms with Crippen LogP contribution in [0.4, 0.5) is 0 Å². The summed E-state index contributed by atoms with van der Waals surface area (Å²) in [5.41, 5.74) is 3.44. The third kappa shape index (κ3) is 1.33. The van der Waals surface area contributed by atoms with E-state index in [4.69, 9.17) is 5.26 Å². The van der Waals surface area contributed by atoms with Crippen molar-refractivity contribution in [3.63, 3.8) is 0 Å². The van der Waals surface area contributed by atoms with E-state index >= 15 is 0 Å². The molecule has 0 radical (unpaired) electrons. The lowest BCUT2D eigenvalue weighted by atomic mass is 10.0. The van der Waals surface area contributed by atoms with E-state index in [2.05, 4.69) is 41.1 Å². The maximum absolute atomic E-state index is 8.76. The first-order valence-electron chi connectivity index (χ1n) is 5.54. The molecule has 0 aliphatic carbocycles. The van der Waals surface area contributed by atoms with Gasteiger partial charge < -0.3 is 4.57 Å². The van der Waals surface area contributed by atoms with E-state index < -0.39 is 0 Å². The summed E-state index contributed by atoms with van der Waals surface area (Å²) >= 11 is 0. The smallest absolute Gasteiger partial charge is 0.0991 e. The van der Waals surface area contributed by atoms with Crippen LogP contribution in [0.15, 0.2) is 42.6 Å². The van der Waals surface area contributed by atoms with E-state index in [1.165, 1.54) is 17.7 Å². The van der Waals surface area contributed by atoms with Crippen molar-refractivity contribution in [1.29, 1.82) is 5.26 Å². The molecule has 78 valence electrons. The van der Waals surface area contributed by atoms with E-state index in [1.54, 1.807) is 0 Å². The van der Waals surface area contributed by atoms with Crippen molar-refractivity contribution in [2.75, 3.05) is 0 Å². The maximum atomic E-state index is 8.76. The number of fused-ring (bicyclic) bond motifs is 1. The molecule has 2 heterocycles. The van der Waals surface area contributed by atoms with Crippen LogP contribution in [0.5, 0.6) is 0 Å². The van der Waals surface area contributed by atoms with Gasteiger partial charge in [-0.1, -0.05) is 12.1 Å². The highest BCUT2D eigenvalue weighted by Crippen LogP contribution is 2.31. The van der Waals surface area contributed by atoms with Crippen LogP contribution in [0, 0.1) is 11.3 Å². The van der Waals surface area contributed by atoms with Gasteiger partial charge >= 0.3 is 0 Å². The van der Waals surface area contributed by atoms with Crippen LogP contribution in [0.3, 0.4) is 0 Å². The van der Waals surface area contributed by atoms with Crippen LogP contribution < -0.4 is 0 Å². The average molecular weight is 208 g/mol. The second-order valence-corrected chi connectivity index (χ2v) is 4.20. The second-order valence-electron chi connectivity index (χ2n) is 4.20. The Bertz CT molecular complexity index is 543. The normalized spacial score (nSPS) is 18.1. The Balaban J connectivity index is 1.97. The Morgan fingerprint density at radius 2 is 2.00 bits per heavy atom. The molecule has 1 aromatic heterocycles. The molecular weight excluding hydrogens is 196 g/mol. The number of benzene rings is 1. The standard InChI is InChI=1S/C14H12N2/c15-10-11-3-5-12(6-4-11)14-8-7-13-2-1-9-16(13)14/h1-6,9,14H,7-8H2. The molecule has 0 bridgehead atoms. The number of rotatable bonds is 1. The first-order valence-corrected chi connectivity index (χ1v) is 5.54. The predicted octanol–water partition coefficient (Wildman–Crippen LogP) is 2.90. The molecule has 1 aliphatic heterocycles. The van der Waals surface area contributed by atoms with Gasteiger partial charge in [0.05, 0.1) is 17.7 Å². The van der Waals surface area contributed by atoms with Gasteiger partial charge in [0.1, 0.15) is 0 Å². The molecule has 0 spiro atoms. The number of aryl methyl sites for hydroxylation is 1. The van der Waals surface area contributed by atoms with Crippen molar-refractivity contribution in [3.8, 4) is 6.07 Å². The van der Waals surface area contributed by atoms with Crippen molar-refractivity contribution in [1.82, 2.24) is 4.57 Å². The third-order valence-electron chi connectivity index (χ3n) is 3.30. The summed E-state index contributed by atoms with van der Waals surface area (Å²) in [7, 11) is 0. The van der Waals surface area contributed by atoms with Crippen LogP contribution >= 0.6 is 0 Å². The molecule has 0 N–H and O–H groups in total. The van der Waals surface area contributed by atoms with Crippen molar-refractivity contribution >= 4 is 0 Å². The zero-order valence-corrected chi connectivity index (χ0v) is 8.93. The molecular formula is C14H12N2. The Morgan fingerprint density at radius 3 is 2.75 bits per heavy atom. The molecule has 2 heteroatoms. The third-order valence-corrected chi connectivity index (χ3v) is 3.30. The van der Waals surface area contributed by atoms with Gasteiger partial charge in [0.25, 0.3) is 0 Å². The number of hydrogen-bond acceptors (Lipinski definition) is 1. The maximum Gasteiger partial charge on any atom is 0.0991 e. The number of hydrogen-bond donors (Lipinski definition) is 0. The van der Waals surface area contributed by atoms with E-state index in [9.17, 15) is 0 Å². The molecule has 1 aromatic carbocycles. The molecule has 1 unspecified atom stereocenters. The highest BCUT2D eigenvalue weighted by molar-refractivity contribution is 5.34. The van der Waals surface area contributed by atoms with Crippen LogP contribution in [0.25, 0.3) is 0 Å². The van der Waals surface area contributed by atoms with Gasteiger partial charge in [-0.15, -0.1) is 0 Å². The lowest BCUT2D eigenvalue weighted by Gasteiger charge is -2.13. The summed E-state index contributed by atoms with van der Waals surface area (Å²) in [5, 5.41) is 8.76. The SMILES string of the molecule is N#Cc1ccc(C2CCc3cccn32)cc1. The monoisotopic (exact) mass is 208 g/mol. The largest absolute Gasteiger partial charge is 0.344 e. The topological polar surface area (TPSA) is 28.7 Å². The number of aromatic nitrogens is 1. The summed E-state index contributed by atoms with van der Waals surface area (Å²) in [6, 6.07) is 14.8. The van der Waals surface area contributed by atoms with Gasteiger partial charge in [0.15, 0.2) is 0 Å². The minimum absolute atomic E-state index is 0.456. The van der Waals surface area contributed by atoms with Crippen molar-refractivity contribution < 1.29 is 0 Å². The molecule has 0 saturated carbocycles. The Labute approximate surface area is 94.8 Å². The van der Waals surface area contributed by atoms with Gasteiger partial charge in [0, 0.05) is 11.9 Å². The fraction of sp³-hybridized carbons (Fsp3) is 0.214. The molecule has 0 saturated heterocycles. The molecule has 2 aromatic rings. The average Bonchev–Trinajstić information content (AvgIpc) is 2.91. The summed E-state index contributed by atoms with van der Waals surface area (Å²) in [5.74, 6) is 0. The van der Waals surface area contributed by atoms with Crippen LogP contribution in [0.2, 0.25) is 0 Å². The van der Waals surface area contributed by atoms with E-state index in [0.717, 1.165) is 12.0 Å². The Kier molecular flexibility index (Phi) is 2.04. The molecule has 2 nitrogen and oxygen atoms in total. The van der Waals surface area contributed by atoms with E-state index in [1.807, 2.05) is 12.1 Å². The fourth-order valence-electron chi connectivity index (χ4n) is 2.48. The van der Waals surface area contributed by atoms with Crippen LogP contribution in [0.1, 0.15) is 29.3 Å². The fourth-order valence-corrected chi connectivity index (χ4v) is 2.48. The molecule has 3 rings (SSSR count). The predicted molar refractivity (Wildman–Crippen MR) is 62.0 cm³/mol. The molecule has 0 fully saturated rings. The lowest BCUT2D eigenvalue weighted by Crippen LogP contribution is -2.03. The van der Waals surface area contributed by atoms with Gasteiger partial charge in [-0.2, -0.15) is 5.26 Å². The molecule has 16 heavy (non-hydrogen) atoms. The minimum atomic E-state index is 0.456. The second kappa shape index (κ2) is 3.53. The van der Waals surface area contributed by atoms with Crippen molar-refractivity contribution in [3.05, 3.63) is 59.4 Å². The summed E-state index contributed by atoms with van der Waals surface area (Å²) in [6.07, 6.45) is 4.46. The summed E-state index contributed by atoms with van der Waals surface area (Å²) in [4.78, 5) is 0. The Hall–Kier alpha value is -2.01. The first kappa shape index (κ1) is 9.23. The minimum Gasteiger partial charge on any atom is -0.344 e. The van der Waals surface area contributed by atoms with Crippen LogP contribution in [-0.2, 0) is 6.42 Å². The highest BCUT2D eigenvalue weighted by atomic mass is 15.0. The lowest BCUT2D eigenvalue weighted by molar-refractivity contribution is 0.621. The molecule has 1 atom stereocenters. The van der Waals surface area contributed by atoms with E-state index in [-0.39, 0.29) is 0 Å². The Morgan fingerprint density at radius 1 is 1.19 bits per heavy atom. The molecule has 1 aliphatic rings. The summed E-state index contributed by atoms with van der Waals surface area (Å²) < 4.78 is 2.33. The van der Waals surface area contributed by atoms with Gasteiger partial charge in [-0.05, 0) is 42.7 Å². The zero-order chi connectivity index (χ0) is 11.0. The van der Waals surface area contributed by atoms with Crippen molar-refractivity contribution in [2.24, 2.45) is 0 Å². The highest BCUT2D eigenvalue weighted by Gasteiger charge is 2.21. The number of nitriles is 1. The van der Waals surface area contributed by atoms with Crippen LogP contribution in [-0.4, -0.2) is 4.57 Å². The van der Waals surface area contributed by atoms with Gasteiger partial charge in [-0.3, -0.25) is 0 Å². The quantitative estimate of drug-likeness (QED) is 0.708. The number of nitrogens with zero attached hydrogens (tertiary/aromatic N) is 2. The van der Waals surface area contributed by atoms with Gasteiger partial charge in [-0.25, -0.2) is 0 Å². The van der Waals surface area contributed by atoms with Crippen molar-refractivity contribution in [2.45, 2.75) is 18.9 Å². The zero-order valence-electron chi connectivity index (χ0n) is 8.93. The first-order chi connectivity index (χ1) is 7.88. The molecule has 0 amide bonds. The van der Waals surface area contributed by atoms with Gasteiger partial charge in [0.2, 0.25) is 0 Å².